The molecule has 1 aromatic carbocycles. The molecule has 0 amide bonds. The quantitative estimate of drug-likeness (QED) is 0.908. The molecule has 116 valence electrons. The Labute approximate surface area is 132 Å². The van der Waals surface area contributed by atoms with Gasteiger partial charge in [0.05, 0.1) is 23.8 Å². The first kappa shape index (κ1) is 15.0. The normalized spacial score (nSPS) is 22.8. The minimum absolute atomic E-state index is 0.125. The molecule has 0 aliphatic heterocycles. The molecule has 22 heavy (non-hydrogen) atoms. The molecule has 1 aromatic heterocycles. The van der Waals surface area contributed by atoms with Gasteiger partial charge in [0.2, 0.25) is 0 Å². The molecule has 0 bridgehead atoms. The van der Waals surface area contributed by atoms with Crippen molar-refractivity contribution in [3.8, 4) is 11.3 Å². The molecule has 1 saturated carbocycles. The van der Waals surface area contributed by atoms with Crippen molar-refractivity contribution in [2.75, 3.05) is 0 Å². The van der Waals surface area contributed by atoms with Crippen molar-refractivity contribution in [3.63, 3.8) is 0 Å². The summed E-state index contributed by atoms with van der Waals surface area (Å²) >= 11 is 0. The number of nitrogens with zero attached hydrogens (tertiary/aromatic N) is 2. The van der Waals surface area contributed by atoms with E-state index in [0.717, 1.165) is 36.9 Å². The van der Waals surface area contributed by atoms with Crippen LogP contribution in [0, 0.1) is 0 Å². The summed E-state index contributed by atoms with van der Waals surface area (Å²) in [5.74, 6) is 0. The van der Waals surface area contributed by atoms with Gasteiger partial charge in [0.25, 0.3) is 0 Å². The predicted octanol–water partition coefficient (Wildman–Crippen LogP) is 4.45. The summed E-state index contributed by atoms with van der Waals surface area (Å²) < 4.78 is 2.32. The topological polar surface area (TPSA) is 38.0 Å². The Kier molecular flexibility index (Phi) is 4.44. The van der Waals surface area contributed by atoms with Crippen LogP contribution in [-0.4, -0.2) is 20.8 Å². The molecule has 0 spiro atoms. The molecular formula is C19H24N2O. The molecule has 3 nitrogen and oxygen atoms in total. The average molecular weight is 296 g/mol. The number of rotatable bonds is 3. The summed E-state index contributed by atoms with van der Waals surface area (Å²) in [5.41, 5.74) is 4.69. The molecule has 1 aliphatic carbocycles. The average Bonchev–Trinajstić information content (AvgIpc) is 3.00. The molecule has 0 unspecified atom stereocenters. The van der Waals surface area contributed by atoms with E-state index in [1.54, 1.807) is 0 Å². The Morgan fingerprint density at radius 2 is 1.86 bits per heavy atom. The number of benzene rings is 1. The van der Waals surface area contributed by atoms with Gasteiger partial charge in [-0.3, -0.25) is 0 Å². The largest absolute Gasteiger partial charge is 0.393 e. The lowest BCUT2D eigenvalue weighted by Gasteiger charge is -2.28. The lowest BCUT2D eigenvalue weighted by molar-refractivity contribution is 0.110. The molecule has 0 atom stereocenters. The zero-order chi connectivity index (χ0) is 15.5. The monoisotopic (exact) mass is 296 g/mol. The molecule has 1 fully saturated rings. The number of aromatic nitrogens is 2. The van der Waals surface area contributed by atoms with E-state index in [0.29, 0.717) is 6.04 Å². The van der Waals surface area contributed by atoms with Gasteiger partial charge in [-0.2, -0.15) is 0 Å². The standard InChI is InChI=1S/C19H24N2O/c1-3-14(2)19-18(15-7-5-4-6-8-15)20-13-21(19)16-9-11-17(22)12-10-16/h3-8,13,16-17,22H,9-12H2,1-2H3. The van der Waals surface area contributed by atoms with E-state index in [9.17, 15) is 5.11 Å². The first-order valence-electron chi connectivity index (χ1n) is 8.14. The number of hydrogen-bond donors (Lipinski definition) is 1. The van der Waals surface area contributed by atoms with E-state index in [1.807, 2.05) is 12.4 Å². The van der Waals surface area contributed by atoms with Crippen LogP contribution in [0.25, 0.3) is 16.8 Å². The van der Waals surface area contributed by atoms with Crippen LogP contribution in [0.3, 0.4) is 0 Å². The number of imidazole rings is 1. The molecule has 1 N–H and O–H groups in total. The van der Waals surface area contributed by atoms with Crippen molar-refractivity contribution >= 4 is 5.57 Å². The van der Waals surface area contributed by atoms with Crippen LogP contribution in [0.2, 0.25) is 0 Å². The highest BCUT2D eigenvalue weighted by Crippen LogP contribution is 2.35. The van der Waals surface area contributed by atoms with E-state index >= 15 is 0 Å². The zero-order valence-electron chi connectivity index (χ0n) is 13.4. The Bertz CT molecular complexity index is 649. The van der Waals surface area contributed by atoms with Gasteiger partial charge in [-0.1, -0.05) is 36.4 Å². The van der Waals surface area contributed by atoms with Gasteiger partial charge in [0, 0.05) is 11.6 Å². The van der Waals surface area contributed by atoms with Crippen LogP contribution < -0.4 is 0 Å². The predicted molar refractivity (Wildman–Crippen MR) is 90.5 cm³/mol. The van der Waals surface area contributed by atoms with E-state index in [4.69, 9.17) is 4.98 Å². The summed E-state index contributed by atoms with van der Waals surface area (Å²) in [6, 6.07) is 10.8. The molecule has 3 heteroatoms. The second kappa shape index (κ2) is 6.49. The maximum atomic E-state index is 9.75. The third-order valence-electron chi connectivity index (χ3n) is 4.71. The second-order valence-corrected chi connectivity index (χ2v) is 6.15. The van der Waals surface area contributed by atoms with Crippen molar-refractivity contribution in [1.29, 1.82) is 0 Å². The smallest absolute Gasteiger partial charge is 0.0961 e. The van der Waals surface area contributed by atoms with Crippen LogP contribution in [0.5, 0.6) is 0 Å². The van der Waals surface area contributed by atoms with E-state index in [1.165, 1.54) is 11.3 Å². The summed E-state index contributed by atoms with van der Waals surface area (Å²) in [6.45, 7) is 4.23. The van der Waals surface area contributed by atoms with Gasteiger partial charge in [0.1, 0.15) is 0 Å². The third-order valence-corrected chi connectivity index (χ3v) is 4.71. The lowest BCUT2D eigenvalue weighted by atomic mass is 9.92. The molecule has 1 aliphatic rings. The van der Waals surface area contributed by atoms with E-state index in [2.05, 4.69) is 48.8 Å². The van der Waals surface area contributed by atoms with Gasteiger partial charge < -0.3 is 9.67 Å². The van der Waals surface area contributed by atoms with Crippen LogP contribution in [0.4, 0.5) is 0 Å². The van der Waals surface area contributed by atoms with Crippen LogP contribution in [0.1, 0.15) is 51.3 Å². The molecule has 0 radical (unpaired) electrons. The third kappa shape index (κ3) is 2.86. The van der Waals surface area contributed by atoms with Crippen molar-refractivity contribution in [2.45, 2.75) is 51.7 Å². The van der Waals surface area contributed by atoms with Crippen molar-refractivity contribution in [3.05, 3.63) is 48.4 Å². The molecule has 2 aromatic rings. The van der Waals surface area contributed by atoms with Crippen molar-refractivity contribution < 1.29 is 5.11 Å². The fourth-order valence-corrected chi connectivity index (χ4v) is 3.31. The maximum Gasteiger partial charge on any atom is 0.0961 e. The molecule has 0 saturated heterocycles. The lowest BCUT2D eigenvalue weighted by Crippen LogP contribution is -2.21. The minimum atomic E-state index is -0.125. The van der Waals surface area contributed by atoms with Crippen molar-refractivity contribution in [2.24, 2.45) is 0 Å². The fourth-order valence-electron chi connectivity index (χ4n) is 3.31. The highest BCUT2D eigenvalue weighted by atomic mass is 16.3. The summed E-state index contributed by atoms with van der Waals surface area (Å²) in [5, 5.41) is 9.75. The minimum Gasteiger partial charge on any atom is -0.393 e. The van der Waals surface area contributed by atoms with Crippen molar-refractivity contribution in [1.82, 2.24) is 9.55 Å². The van der Waals surface area contributed by atoms with Gasteiger partial charge in [-0.15, -0.1) is 0 Å². The molecule has 3 rings (SSSR count). The first-order valence-corrected chi connectivity index (χ1v) is 8.14. The number of aliphatic hydroxyl groups is 1. The summed E-state index contributed by atoms with van der Waals surface area (Å²) in [4.78, 5) is 4.71. The zero-order valence-corrected chi connectivity index (χ0v) is 13.4. The Morgan fingerprint density at radius 1 is 1.18 bits per heavy atom. The fraction of sp³-hybridized carbons (Fsp3) is 0.421. The number of hydrogen-bond acceptors (Lipinski definition) is 2. The maximum absolute atomic E-state index is 9.75. The van der Waals surface area contributed by atoms with Crippen LogP contribution >= 0.6 is 0 Å². The summed E-state index contributed by atoms with van der Waals surface area (Å²) in [6.07, 6.45) is 7.82. The highest BCUT2D eigenvalue weighted by Gasteiger charge is 2.24. The Balaban J connectivity index is 2.03. The van der Waals surface area contributed by atoms with Gasteiger partial charge in [0.15, 0.2) is 0 Å². The SMILES string of the molecule is CC=C(C)c1c(-c2ccccc2)ncn1C1CCC(O)CC1. The second-order valence-electron chi connectivity index (χ2n) is 6.15. The molecule has 1 heterocycles. The number of allylic oxidation sites excluding steroid dienone is 2. The highest BCUT2D eigenvalue weighted by molar-refractivity contribution is 5.76. The van der Waals surface area contributed by atoms with Gasteiger partial charge in [-0.05, 0) is 45.1 Å². The Hall–Kier alpha value is -1.87. The number of aliphatic hydroxyl groups excluding tert-OH is 1. The van der Waals surface area contributed by atoms with Gasteiger partial charge >= 0.3 is 0 Å². The van der Waals surface area contributed by atoms with Crippen LogP contribution in [-0.2, 0) is 0 Å². The van der Waals surface area contributed by atoms with Gasteiger partial charge in [-0.25, -0.2) is 4.98 Å². The first-order chi connectivity index (χ1) is 10.7. The van der Waals surface area contributed by atoms with E-state index < -0.39 is 0 Å². The van der Waals surface area contributed by atoms with E-state index in [-0.39, 0.29) is 6.10 Å². The van der Waals surface area contributed by atoms with Crippen LogP contribution in [0.15, 0.2) is 42.7 Å². The Morgan fingerprint density at radius 3 is 2.50 bits per heavy atom. The summed E-state index contributed by atoms with van der Waals surface area (Å²) in [7, 11) is 0. The molecular weight excluding hydrogens is 272 g/mol.